The van der Waals surface area contributed by atoms with Crippen LogP contribution in [0.3, 0.4) is 0 Å². The van der Waals surface area contributed by atoms with Gasteiger partial charge in [0.15, 0.2) is 0 Å². The van der Waals surface area contributed by atoms with Gasteiger partial charge in [-0.25, -0.2) is 0 Å². The van der Waals surface area contributed by atoms with Gasteiger partial charge < -0.3 is 10.2 Å². The van der Waals surface area contributed by atoms with E-state index in [1.54, 1.807) is 14.1 Å². The molecule has 0 aromatic rings. The third kappa shape index (κ3) is 26.1. The molecule has 1 N–H and O–H groups in total. The zero-order chi connectivity index (χ0) is 8.41. The van der Waals surface area contributed by atoms with Crippen molar-refractivity contribution in [1.82, 2.24) is 10.2 Å². The molecule has 0 aliphatic rings. The third-order valence-electron chi connectivity index (χ3n) is 0.711. The monoisotopic (exact) mass is 146 g/mol. The van der Waals surface area contributed by atoms with Crippen LogP contribution in [-0.2, 0) is 4.79 Å². The van der Waals surface area contributed by atoms with Crippen LogP contribution < -0.4 is 5.32 Å². The van der Waals surface area contributed by atoms with Crippen LogP contribution in [0.25, 0.3) is 0 Å². The highest BCUT2D eigenvalue weighted by Crippen LogP contribution is 1.52. The van der Waals surface area contributed by atoms with Crippen molar-refractivity contribution in [2.75, 3.05) is 27.2 Å². The van der Waals surface area contributed by atoms with Crippen LogP contribution in [-0.4, -0.2) is 38.5 Å². The van der Waals surface area contributed by atoms with Crippen LogP contribution in [0, 0.1) is 0 Å². The van der Waals surface area contributed by atoms with E-state index >= 15 is 0 Å². The minimum absolute atomic E-state index is 0.750. The van der Waals surface area contributed by atoms with Gasteiger partial charge in [0.1, 0.15) is 0 Å². The van der Waals surface area contributed by atoms with E-state index in [1.165, 1.54) is 4.90 Å². The molecule has 1 amide bonds. The Hall–Kier alpha value is -0.570. The zero-order valence-electron chi connectivity index (χ0n) is 7.35. The summed E-state index contributed by atoms with van der Waals surface area (Å²) in [5.74, 6) is 0. The molecule has 10 heavy (non-hydrogen) atoms. The second kappa shape index (κ2) is 11.3. The van der Waals surface area contributed by atoms with Gasteiger partial charge in [0.05, 0.1) is 0 Å². The molecule has 62 valence electrons. The van der Waals surface area contributed by atoms with Gasteiger partial charge in [0, 0.05) is 14.1 Å². The number of carbonyl (C=O) groups is 1. The van der Waals surface area contributed by atoms with Gasteiger partial charge in [-0.15, -0.1) is 0 Å². The Morgan fingerprint density at radius 3 is 1.60 bits per heavy atom. The molecule has 3 heteroatoms. The zero-order valence-corrected chi connectivity index (χ0v) is 7.35. The van der Waals surface area contributed by atoms with Gasteiger partial charge >= 0.3 is 0 Å². The Kier molecular flexibility index (Phi) is 13.7. The van der Waals surface area contributed by atoms with E-state index in [-0.39, 0.29) is 0 Å². The first-order chi connectivity index (χ1) is 4.68. The van der Waals surface area contributed by atoms with E-state index in [0.29, 0.717) is 0 Å². The molecule has 0 spiro atoms. The Balaban J connectivity index is 0. The number of carbonyl (C=O) groups excluding carboxylic acids is 1. The van der Waals surface area contributed by atoms with Gasteiger partial charge in [-0.2, -0.15) is 0 Å². The maximum Gasteiger partial charge on any atom is 0.209 e. The van der Waals surface area contributed by atoms with E-state index in [1.807, 2.05) is 0 Å². The van der Waals surface area contributed by atoms with Crippen molar-refractivity contribution >= 4 is 6.41 Å². The first-order valence-electron chi connectivity index (χ1n) is 3.51. The molecule has 0 saturated heterocycles. The molecule has 0 bridgehead atoms. The molecule has 0 atom stereocenters. The largest absolute Gasteiger partial charge is 0.351 e. The fourth-order valence-electron chi connectivity index (χ4n) is 0.250. The molecule has 0 fully saturated rings. The topological polar surface area (TPSA) is 32.3 Å². The SMILES string of the molecule is CCNCC.CN(C)C=O. The fourth-order valence-corrected chi connectivity index (χ4v) is 0.250. The number of hydrogen-bond acceptors (Lipinski definition) is 2. The average Bonchev–Trinajstić information content (AvgIpc) is 1.91. The maximum absolute atomic E-state index is 9.43. The summed E-state index contributed by atoms with van der Waals surface area (Å²) in [6.07, 6.45) is 0.750. The standard InChI is InChI=1S/C4H11N.C3H7NO/c1-3-5-4-2;1-4(2)3-5/h5H,3-4H2,1-2H3;3H,1-2H3. The second-order valence-electron chi connectivity index (χ2n) is 2.03. The van der Waals surface area contributed by atoms with Crippen LogP contribution in [0.5, 0.6) is 0 Å². The molecule has 0 aromatic carbocycles. The molecule has 0 heterocycles. The van der Waals surface area contributed by atoms with E-state index < -0.39 is 0 Å². The number of rotatable bonds is 3. The lowest BCUT2D eigenvalue weighted by Crippen LogP contribution is -2.09. The van der Waals surface area contributed by atoms with Gasteiger partial charge in [-0.1, -0.05) is 13.8 Å². The Morgan fingerprint density at radius 1 is 1.30 bits per heavy atom. The highest BCUT2D eigenvalue weighted by atomic mass is 16.1. The van der Waals surface area contributed by atoms with Crippen molar-refractivity contribution in [3.63, 3.8) is 0 Å². The van der Waals surface area contributed by atoms with E-state index in [0.717, 1.165) is 19.5 Å². The quantitative estimate of drug-likeness (QED) is 0.582. The van der Waals surface area contributed by atoms with Crippen molar-refractivity contribution in [3.8, 4) is 0 Å². The maximum atomic E-state index is 9.43. The predicted octanol–water partition coefficient (Wildman–Crippen LogP) is 0.320. The normalized spacial score (nSPS) is 7.60. The average molecular weight is 146 g/mol. The predicted molar refractivity (Wildman–Crippen MR) is 44.0 cm³/mol. The Morgan fingerprint density at radius 2 is 1.60 bits per heavy atom. The summed E-state index contributed by atoms with van der Waals surface area (Å²) in [6, 6.07) is 0. The van der Waals surface area contributed by atoms with Gasteiger partial charge in [0.25, 0.3) is 0 Å². The van der Waals surface area contributed by atoms with Crippen LogP contribution in [0.15, 0.2) is 0 Å². The van der Waals surface area contributed by atoms with Crippen LogP contribution >= 0.6 is 0 Å². The Bertz CT molecular complexity index is 62.6. The second-order valence-corrected chi connectivity index (χ2v) is 2.03. The first-order valence-corrected chi connectivity index (χ1v) is 3.51. The highest BCUT2D eigenvalue weighted by Gasteiger charge is 1.68. The summed E-state index contributed by atoms with van der Waals surface area (Å²) in [5.41, 5.74) is 0. The molecular weight excluding hydrogens is 128 g/mol. The minimum Gasteiger partial charge on any atom is -0.351 e. The van der Waals surface area contributed by atoms with Crippen LogP contribution in [0.2, 0.25) is 0 Å². The van der Waals surface area contributed by atoms with E-state index in [4.69, 9.17) is 0 Å². The molecule has 0 rings (SSSR count). The van der Waals surface area contributed by atoms with Gasteiger partial charge in [0.2, 0.25) is 6.41 Å². The summed E-state index contributed by atoms with van der Waals surface area (Å²) >= 11 is 0. The molecule has 0 radical (unpaired) electrons. The lowest BCUT2D eigenvalue weighted by atomic mass is 10.7. The van der Waals surface area contributed by atoms with Gasteiger partial charge in [-0.05, 0) is 13.1 Å². The number of nitrogens with zero attached hydrogens (tertiary/aromatic N) is 1. The minimum atomic E-state index is 0.750. The molecule has 0 aliphatic carbocycles. The summed E-state index contributed by atoms with van der Waals surface area (Å²) in [7, 11) is 3.38. The number of amides is 1. The third-order valence-corrected chi connectivity index (χ3v) is 0.711. The molecule has 0 saturated carbocycles. The fraction of sp³-hybridized carbons (Fsp3) is 0.857. The molecule has 3 nitrogen and oxygen atoms in total. The first kappa shape index (κ1) is 12.1. The van der Waals surface area contributed by atoms with Crippen molar-refractivity contribution in [1.29, 1.82) is 0 Å². The van der Waals surface area contributed by atoms with E-state index in [2.05, 4.69) is 19.2 Å². The molecule has 0 aliphatic heterocycles. The van der Waals surface area contributed by atoms with Crippen LogP contribution in [0.4, 0.5) is 0 Å². The molecular formula is C7H18N2O. The lowest BCUT2D eigenvalue weighted by molar-refractivity contribution is -0.115. The number of hydrogen-bond donors (Lipinski definition) is 1. The smallest absolute Gasteiger partial charge is 0.209 e. The Labute approximate surface area is 63.4 Å². The highest BCUT2D eigenvalue weighted by molar-refractivity contribution is 5.45. The lowest BCUT2D eigenvalue weighted by Gasteiger charge is -1.93. The van der Waals surface area contributed by atoms with Crippen molar-refractivity contribution < 1.29 is 4.79 Å². The number of nitrogens with one attached hydrogen (secondary N) is 1. The van der Waals surface area contributed by atoms with Crippen molar-refractivity contribution in [2.24, 2.45) is 0 Å². The van der Waals surface area contributed by atoms with Crippen molar-refractivity contribution in [2.45, 2.75) is 13.8 Å². The van der Waals surface area contributed by atoms with Gasteiger partial charge in [-0.3, -0.25) is 4.79 Å². The summed E-state index contributed by atoms with van der Waals surface area (Å²) in [5, 5.41) is 3.11. The molecule has 0 aromatic heterocycles. The van der Waals surface area contributed by atoms with E-state index in [9.17, 15) is 4.79 Å². The summed E-state index contributed by atoms with van der Waals surface area (Å²) in [4.78, 5) is 10.9. The summed E-state index contributed by atoms with van der Waals surface area (Å²) in [6.45, 7) is 6.39. The van der Waals surface area contributed by atoms with Crippen LogP contribution in [0.1, 0.15) is 13.8 Å². The summed E-state index contributed by atoms with van der Waals surface area (Å²) < 4.78 is 0. The van der Waals surface area contributed by atoms with Crippen molar-refractivity contribution in [3.05, 3.63) is 0 Å². The molecule has 0 unspecified atom stereocenters.